The maximum absolute atomic E-state index is 14.8. The molecule has 14 nitrogen and oxygen atoms in total. The van der Waals surface area contributed by atoms with Crippen LogP contribution in [0.5, 0.6) is 40.2 Å². The fraction of sp³-hybridized carbons (Fsp3) is 0.524. The van der Waals surface area contributed by atoms with Crippen LogP contribution in [0.1, 0.15) is 82.6 Å². The number of hydrogen-bond acceptors (Lipinski definition) is 15. The Kier molecular flexibility index (Phi) is 9.27. The number of phenols is 1. The summed E-state index contributed by atoms with van der Waals surface area (Å²) < 4.78 is 43.2. The standard InChI is InChI=1S/C42H49N3O11S/c1-18(2)55-38-29-23(11-19(3)34(38)51-8)12-25-40(48)45-26-15-52-41(49)42(24-14-28(50-7)27(47)13-22(24)9-10-43-42)16-57-39(33(45)32(29)44(25)6)31-30(26)37-36(53-17-54-37)20(4)35(31)56-21(5)46/h11,13-14,18,25-26,32-33,39-40,43,47-48H,9-10,12,15-17H2,1-8H3/t25-,26-,32+,33?,39+,40-,42+/m0/s1. The first-order valence-corrected chi connectivity index (χ1v) is 20.5. The van der Waals surface area contributed by atoms with Gasteiger partial charge in [-0.3, -0.25) is 19.9 Å². The number of aromatic hydroxyl groups is 1. The van der Waals surface area contributed by atoms with E-state index in [-0.39, 0.29) is 48.8 Å². The lowest BCUT2D eigenvalue weighted by Crippen LogP contribution is -2.70. The molecule has 7 heterocycles. The van der Waals surface area contributed by atoms with Crippen LogP contribution >= 0.6 is 11.8 Å². The Morgan fingerprint density at radius 3 is 2.51 bits per heavy atom. The summed E-state index contributed by atoms with van der Waals surface area (Å²) in [4.78, 5) is 32.2. The maximum Gasteiger partial charge on any atom is 0.331 e. The van der Waals surface area contributed by atoms with E-state index in [1.807, 2.05) is 34.7 Å². The predicted octanol–water partition coefficient (Wildman–Crippen LogP) is 4.49. The second kappa shape index (κ2) is 13.9. The number of nitrogens with one attached hydrogen (secondary N) is 1. The first kappa shape index (κ1) is 38.1. The summed E-state index contributed by atoms with van der Waals surface area (Å²) in [5, 5.41) is 26.5. The van der Waals surface area contributed by atoms with Crippen LogP contribution in [0.25, 0.3) is 0 Å². The summed E-state index contributed by atoms with van der Waals surface area (Å²) in [7, 11) is 5.17. The highest BCUT2D eigenvalue weighted by atomic mass is 32.2. The van der Waals surface area contributed by atoms with Gasteiger partial charge in [0.15, 0.2) is 40.0 Å². The summed E-state index contributed by atoms with van der Waals surface area (Å²) in [6, 6.07) is 3.57. The number of rotatable bonds is 5. The van der Waals surface area contributed by atoms with Crippen molar-refractivity contribution >= 4 is 23.7 Å². The van der Waals surface area contributed by atoms with Crippen molar-refractivity contribution in [3.63, 3.8) is 0 Å². The molecular weight excluding hydrogens is 755 g/mol. The number of piperazine rings is 1. The molecule has 1 unspecified atom stereocenters. The van der Waals surface area contributed by atoms with Gasteiger partial charge in [0.05, 0.1) is 43.7 Å². The zero-order valence-corrected chi connectivity index (χ0v) is 34.2. The van der Waals surface area contributed by atoms with Crippen LogP contribution in [-0.2, 0) is 32.7 Å². The van der Waals surface area contributed by atoms with Crippen molar-refractivity contribution in [2.75, 3.05) is 47.0 Å². The van der Waals surface area contributed by atoms with E-state index in [0.717, 1.165) is 27.8 Å². The normalized spacial score (nSPS) is 28.6. The molecule has 0 amide bonds. The highest BCUT2D eigenvalue weighted by Crippen LogP contribution is 2.64. The zero-order valence-electron chi connectivity index (χ0n) is 33.4. The highest BCUT2D eigenvalue weighted by Gasteiger charge is 2.61. The van der Waals surface area contributed by atoms with E-state index in [0.29, 0.717) is 64.8 Å². The fourth-order valence-electron chi connectivity index (χ4n) is 10.3. The van der Waals surface area contributed by atoms with Crippen molar-refractivity contribution in [2.45, 2.75) is 94.7 Å². The van der Waals surface area contributed by atoms with Crippen molar-refractivity contribution in [1.82, 2.24) is 15.1 Å². The number of thioether (sulfide) groups is 1. The van der Waals surface area contributed by atoms with Crippen molar-refractivity contribution in [3.05, 3.63) is 62.7 Å². The maximum atomic E-state index is 14.8. The Morgan fingerprint density at radius 2 is 1.79 bits per heavy atom. The Balaban J connectivity index is 1.33. The molecular formula is C42H49N3O11S. The number of esters is 2. The summed E-state index contributed by atoms with van der Waals surface area (Å²) in [6.45, 7) is 9.48. The molecule has 10 rings (SSSR count). The van der Waals surface area contributed by atoms with Crippen molar-refractivity contribution < 1.29 is 53.0 Å². The number of hydrogen-bond donors (Lipinski definition) is 3. The third kappa shape index (κ3) is 5.52. The van der Waals surface area contributed by atoms with Gasteiger partial charge in [0.25, 0.3) is 0 Å². The number of aliphatic hydroxyl groups excluding tert-OH is 1. The minimum absolute atomic E-state index is 0.00906. The molecule has 1 spiro atoms. The Bertz CT molecular complexity index is 2200. The molecule has 3 N–H and O–H groups in total. The summed E-state index contributed by atoms with van der Waals surface area (Å²) in [5.41, 5.74) is 5.10. The number of carbonyl (C=O) groups excluding carboxylic acids is 2. The molecule has 0 saturated carbocycles. The number of nitrogens with zero attached hydrogens (tertiary/aromatic N) is 2. The van der Waals surface area contributed by atoms with E-state index < -0.39 is 41.0 Å². The molecule has 2 fully saturated rings. The minimum Gasteiger partial charge on any atom is -0.504 e. The average Bonchev–Trinajstić information content (AvgIpc) is 3.66. The van der Waals surface area contributed by atoms with Gasteiger partial charge in [-0.25, -0.2) is 4.79 Å². The van der Waals surface area contributed by atoms with E-state index in [1.54, 1.807) is 19.2 Å². The largest absolute Gasteiger partial charge is 0.504 e. The van der Waals surface area contributed by atoms with Gasteiger partial charge in [0.2, 0.25) is 6.79 Å². The van der Waals surface area contributed by atoms with E-state index >= 15 is 0 Å². The number of aliphatic hydroxyl groups is 1. The molecule has 0 radical (unpaired) electrons. The number of carbonyl (C=O) groups is 2. The first-order chi connectivity index (χ1) is 27.3. The molecule has 0 aliphatic carbocycles. The van der Waals surface area contributed by atoms with Gasteiger partial charge in [-0.2, -0.15) is 0 Å². The van der Waals surface area contributed by atoms with Crippen LogP contribution in [0.15, 0.2) is 18.2 Å². The van der Waals surface area contributed by atoms with Gasteiger partial charge < -0.3 is 43.4 Å². The number of methoxy groups -OCH3 is 2. The van der Waals surface area contributed by atoms with Gasteiger partial charge in [-0.05, 0) is 82.0 Å². The summed E-state index contributed by atoms with van der Waals surface area (Å²) in [6.07, 6.45) is -0.0631. The van der Waals surface area contributed by atoms with Crippen LogP contribution in [-0.4, -0.2) is 103 Å². The monoisotopic (exact) mass is 803 g/mol. The molecule has 7 aliphatic rings. The summed E-state index contributed by atoms with van der Waals surface area (Å²) >= 11 is 1.52. The van der Waals surface area contributed by atoms with Crippen LogP contribution in [0.4, 0.5) is 0 Å². The van der Waals surface area contributed by atoms with Crippen molar-refractivity contribution in [3.8, 4) is 40.2 Å². The molecule has 2 saturated heterocycles. The molecule has 0 aromatic heterocycles. The minimum atomic E-state index is -1.34. The molecule has 7 atom stereocenters. The summed E-state index contributed by atoms with van der Waals surface area (Å²) in [5.74, 6) is 2.04. The fourth-order valence-corrected chi connectivity index (χ4v) is 12.0. The molecule has 15 heteroatoms. The van der Waals surface area contributed by atoms with Crippen LogP contribution in [0.2, 0.25) is 0 Å². The lowest BCUT2D eigenvalue weighted by molar-refractivity contribution is -0.186. The lowest BCUT2D eigenvalue weighted by Gasteiger charge is -2.62. The molecule has 7 aliphatic heterocycles. The molecule has 304 valence electrons. The predicted molar refractivity (Wildman–Crippen MR) is 209 cm³/mol. The zero-order chi connectivity index (χ0) is 40.2. The van der Waals surface area contributed by atoms with E-state index in [2.05, 4.69) is 21.2 Å². The Hall–Kier alpha value is -4.41. The van der Waals surface area contributed by atoms with Crippen LogP contribution in [0, 0.1) is 13.8 Å². The van der Waals surface area contributed by atoms with Gasteiger partial charge in [0, 0.05) is 47.5 Å². The second-order valence-corrected chi connectivity index (χ2v) is 17.2. The van der Waals surface area contributed by atoms with E-state index in [1.165, 1.54) is 25.8 Å². The van der Waals surface area contributed by atoms with E-state index in [4.69, 9.17) is 33.2 Å². The molecule has 4 bridgehead atoms. The van der Waals surface area contributed by atoms with Gasteiger partial charge >= 0.3 is 11.9 Å². The quantitative estimate of drug-likeness (QED) is 0.245. The number of benzene rings is 3. The first-order valence-electron chi connectivity index (χ1n) is 19.4. The Labute approximate surface area is 335 Å². The molecule has 3 aromatic rings. The van der Waals surface area contributed by atoms with Gasteiger partial charge in [-0.15, -0.1) is 11.8 Å². The SMILES string of the molecule is COc1cc2c(cc1O)CCN[C@]21CS[C@@H]2c3c(OC(C)=O)c(C)c4c(c3[C@H](COC1=O)N1C2[C@H]2c3c(cc(C)c(OC)c3OC(C)C)C[C@@H]([C@@H]1O)N2C)OCO4. The van der Waals surface area contributed by atoms with E-state index in [9.17, 15) is 19.8 Å². The van der Waals surface area contributed by atoms with Gasteiger partial charge in [-0.1, -0.05) is 6.07 Å². The second-order valence-electron chi connectivity index (χ2n) is 16.1. The number of phenolic OH excluding ortho intramolecular Hbond substituents is 1. The molecule has 57 heavy (non-hydrogen) atoms. The third-order valence-electron chi connectivity index (χ3n) is 12.6. The van der Waals surface area contributed by atoms with Gasteiger partial charge in [0.1, 0.15) is 18.6 Å². The Morgan fingerprint density at radius 1 is 1.02 bits per heavy atom. The van der Waals surface area contributed by atoms with Crippen molar-refractivity contribution in [2.24, 2.45) is 0 Å². The van der Waals surface area contributed by atoms with Crippen LogP contribution in [0.3, 0.4) is 0 Å². The third-order valence-corrected chi connectivity index (χ3v) is 14.1. The highest BCUT2D eigenvalue weighted by molar-refractivity contribution is 7.99. The average molecular weight is 804 g/mol. The lowest BCUT2D eigenvalue weighted by atomic mass is 9.73. The van der Waals surface area contributed by atoms with Crippen molar-refractivity contribution in [1.29, 1.82) is 0 Å². The topological polar surface area (TPSA) is 158 Å². The number of aryl methyl sites for hydroxylation is 1. The number of ether oxygens (including phenoxy) is 7. The van der Waals surface area contributed by atoms with Crippen LogP contribution < -0.4 is 33.7 Å². The molecule has 3 aromatic carbocycles. The number of fused-ring (bicyclic) bond motifs is 9. The smallest absolute Gasteiger partial charge is 0.331 e. The number of likely N-dealkylation sites (N-methyl/N-ethyl adjacent to an activating group) is 1.